The summed E-state index contributed by atoms with van der Waals surface area (Å²) in [6, 6.07) is 0.985. The monoisotopic (exact) mass is 170 g/mol. The zero-order valence-corrected chi connectivity index (χ0v) is 8.34. The van der Waals surface area contributed by atoms with Crippen LogP contribution in [0.4, 0.5) is 0 Å². The minimum Gasteiger partial charge on any atom is -0.326 e. The van der Waals surface area contributed by atoms with Crippen molar-refractivity contribution in [2.24, 2.45) is 11.7 Å². The Kier molecular flexibility index (Phi) is 4.02. The Labute approximate surface area is 75.9 Å². The first-order valence-corrected chi connectivity index (χ1v) is 5.19. The first kappa shape index (κ1) is 10.0. The van der Waals surface area contributed by atoms with Crippen LogP contribution in [0.3, 0.4) is 0 Å². The SMILES string of the molecule is CC(C)CN[C@H]1CCCC[C@H]1N. The molecule has 2 atom stereocenters. The van der Waals surface area contributed by atoms with Crippen LogP contribution in [0.15, 0.2) is 0 Å². The normalized spacial score (nSPS) is 31.0. The van der Waals surface area contributed by atoms with Crippen LogP contribution in [-0.4, -0.2) is 18.6 Å². The molecule has 2 heteroatoms. The van der Waals surface area contributed by atoms with E-state index in [2.05, 4.69) is 19.2 Å². The number of hydrogen-bond acceptors (Lipinski definition) is 2. The molecule has 12 heavy (non-hydrogen) atoms. The van der Waals surface area contributed by atoms with Gasteiger partial charge in [0.15, 0.2) is 0 Å². The van der Waals surface area contributed by atoms with Gasteiger partial charge in [-0.25, -0.2) is 0 Å². The van der Waals surface area contributed by atoms with Crippen LogP contribution in [0.25, 0.3) is 0 Å². The van der Waals surface area contributed by atoms with Gasteiger partial charge in [0.2, 0.25) is 0 Å². The topological polar surface area (TPSA) is 38.0 Å². The van der Waals surface area contributed by atoms with E-state index in [4.69, 9.17) is 5.73 Å². The summed E-state index contributed by atoms with van der Waals surface area (Å²) in [6.45, 7) is 5.58. The summed E-state index contributed by atoms with van der Waals surface area (Å²) in [5.41, 5.74) is 6.00. The van der Waals surface area contributed by atoms with E-state index in [-0.39, 0.29) is 0 Å². The lowest BCUT2D eigenvalue weighted by atomic mass is 9.91. The molecule has 1 aliphatic carbocycles. The van der Waals surface area contributed by atoms with Crippen molar-refractivity contribution in [2.75, 3.05) is 6.54 Å². The minimum atomic E-state index is 0.400. The zero-order chi connectivity index (χ0) is 8.97. The molecule has 0 saturated heterocycles. The third-order valence-electron chi connectivity index (χ3n) is 2.61. The maximum atomic E-state index is 6.00. The van der Waals surface area contributed by atoms with Gasteiger partial charge in [-0.1, -0.05) is 26.7 Å². The van der Waals surface area contributed by atoms with E-state index in [1.54, 1.807) is 0 Å². The predicted octanol–water partition coefficient (Wildman–Crippen LogP) is 1.50. The molecular formula is C10H22N2. The van der Waals surface area contributed by atoms with E-state index < -0.39 is 0 Å². The second kappa shape index (κ2) is 4.83. The van der Waals surface area contributed by atoms with Crippen LogP contribution < -0.4 is 11.1 Å². The number of rotatable bonds is 3. The van der Waals surface area contributed by atoms with Crippen molar-refractivity contribution in [2.45, 2.75) is 51.6 Å². The molecule has 1 saturated carbocycles. The Hall–Kier alpha value is -0.0800. The van der Waals surface area contributed by atoms with E-state index >= 15 is 0 Å². The second-order valence-electron chi connectivity index (χ2n) is 4.36. The summed E-state index contributed by atoms with van der Waals surface area (Å²) in [6.07, 6.45) is 5.15. The van der Waals surface area contributed by atoms with Gasteiger partial charge in [-0.3, -0.25) is 0 Å². The molecule has 0 aromatic heterocycles. The molecule has 0 spiro atoms. The third kappa shape index (κ3) is 3.11. The lowest BCUT2D eigenvalue weighted by Gasteiger charge is -2.30. The van der Waals surface area contributed by atoms with Gasteiger partial charge >= 0.3 is 0 Å². The molecule has 1 aliphatic rings. The number of hydrogen-bond donors (Lipinski definition) is 2. The molecule has 1 rings (SSSR count). The summed E-state index contributed by atoms with van der Waals surface area (Å²) in [4.78, 5) is 0. The van der Waals surface area contributed by atoms with Gasteiger partial charge < -0.3 is 11.1 Å². The Morgan fingerprint density at radius 1 is 1.33 bits per heavy atom. The van der Waals surface area contributed by atoms with Gasteiger partial charge in [-0.2, -0.15) is 0 Å². The van der Waals surface area contributed by atoms with E-state index in [0.29, 0.717) is 12.1 Å². The summed E-state index contributed by atoms with van der Waals surface area (Å²) >= 11 is 0. The number of nitrogens with two attached hydrogens (primary N) is 1. The van der Waals surface area contributed by atoms with Crippen molar-refractivity contribution in [3.8, 4) is 0 Å². The molecule has 0 radical (unpaired) electrons. The van der Waals surface area contributed by atoms with Crippen molar-refractivity contribution in [1.29, 1.82) is 0 Å². The highest BCUT2D eigenvalue weighted by Gasteiger charge is 2.20. The van der Waals surface area contributed by atoms with Crippen LogP contribution in [0, 0.1) is 5.92 Å². The first-order valence-electron chi connectivity index (χ1n) is 5.19. The maximum absolute atomic E-state index is 6.00. The fourth-order valence-corrected chi connectivity index (χ4v) is 1.80. The van der Waals surface area contributed by atoms with E-state index in [1.807, 2.05) is 0 Å². The summed E-state index contributed by atoms with van der Waals surface area (Å²) in [5.74, 6) is 0.735. The van der Waals surface area contributed by atoms with Crippen molar-refractivity contribution in [3.05, 3.63) is 0 Å². The van der Waals surface area contributed by atoms with Crippen molar-refractivity contribution < 1.29 is 0 Å². The van der Waals surface area contributed by atoms with Gasteiger partial charge in [-0.15, -0.1) is 0 Å². The van der Waals surface area contributed by atoms with E-state index in [9.17, 15) is 0 Å². The summed E-state index contributed by atoms with van der Waals surface area (Å²) in [7, 11) is 0. The average molecular weight is 170 g/mol. The molecule has 0 aromatic rings. The highest BCUT2D eigenvalue weighted by Crippen LogP contribution is 2.16. The van der Waals surface area contributed by atoms with Gasteiger partial charge in [-0.05, 0) is 25.3 Å². The third-order valence-corrected chi connectivity index (χ3v) is 2.61. The minimum absolute atomic E-state index is 0.400. The molecule has 0 amide bonds. The lowest BCUT2D eigenvalue weighted by Crippen LogP contribution is -2.48. The highest BCUT2D eigenvalue weighted by molar-refractivity contribution is 4.83. The zero-order valence-electron chi connectivity index (χ0n) is 8.34. The van der Waals surface area contributed by atoms with Gasteiger partial charge in [0.05, 0.1) is 0 Å². The van der Waals surface area contributed by atoms with Crippen molar-refractivity contribution in [3.63, 3.8) is 0 Å². The largest absolute Gasteiger partial charge is 0.326 e. The number of nitrogens with one attached hydrogen (secondary N) is 1. The Morgan fingerprint density at radius 2 is 2.00 bits per heavy atom. The maximum Gasteiger partial charge on any atom is 0.0219 e. The van der Waals surface area contributed by atoms with Crippen LogP contribution in [0.2, 0.25) is 0 Å². The van der Waals surface area contributed by atoms with E-state index in [1.165, 1.54) is 25.7 Å². The highest BCUT2D eigenvalue weighted by atomic mass is 15.0. The lowest BCUT2D eigenvalue weighted by molar-refractivity contribution is 0.317. The molecule has 0 heterocycles. The van der Waals surface area contributed by atoms with Crippen LogP contribution in [0.1, 0.15) is 39.5 Å². The van der Waals surface area contributed by atoms with Gasteiger partial charge in [0.1, 0.15) is 0 Å². The van der Waals surface area contributed by atoms with Crippen molar-refractivity contribution >= 4 is 0 Å². The fraction of sp³-hybridized carbons (Fsp3) is 1.00. The van der Waals surface area contributed by atoms with Gasteiger partial charge in [0, 0.05) is 12.1 Å². The molecule has 72 valence electrons. The molecule has 0 bridgehead atoms. The fourth-order valence-electron chi connectivity index (χ4n) is 1.80. The Bertz CT molecular complexity index is 123. The van der Waals surface area contributed by atoms with Gasteiger partial charge in [0.25, 0.3) is 0 Å². The Morgan fingerprint density at radius 3 is 2.58 bits per heavy atom. The second-order valence-corrected chi connectivity index (χ2v) is 4.36. The summed E-state index contributed by atoms with van der Waals surface area (Å²) < 4.78 is 0. The molecule has 0 unspecified atom stereocenters. The standard InChI is InChI=1S/C10H22N2/c1-8(2)7-12-10-6-4-3-5-9(10)11/h8-10,12H,3-7,11H2,1-2H3/t9-,10+/m1/s1. The van der Waals surface area contributed by atoms with Crippen LogP contribution in [0.5, 0.6) is 0 Å². The molecule has 3 N–H and O–H groups in total. The van der Waals surface area contributed by atoms with E-state index in [0.717, 1.165) is 12.5 Å². The van der Waals surface area contributed by atoms with Crippen molar-refractivity contribution in [1.82, 2.24) is 5.32 Å². The smallest absolute Gasteiger partial charge is 0.0219 e. The quantitative estimate of drug-likeness (QED) is 0.673. The molecule has 0 aliphatic heterocycles. The average Bonchev–Trinajstić information content (AvgIpc) is 2.03. The Balaban J connectivity index is 2.20. The molecule has 0 aromatic carbocycles. The first-order chi connectivity index (χ1) is 5.70. The molecular weight excluding hydrogens is 148 g/mol. The summed E-state index contributed by atoms with van der Waals surface area (Å²) in [5, 5.41) is 3.55. The predicted molar refractivity (Wildman–Crippen MR) is 53.1 cm³/mol. The molecule has 1 fully saturated rings. The molecule has 2 nitrogen and oxygen atoms in total. The van der Waals surface area contributed by atoms with Crippen LogP contribution in [-0.2, 0) is 0 Å². The van der Waals surface area contributed by atoms with Crippen LogP contribution >= 0.6 is 0 Å².